The molecule has 1 saturated heterocycles. The van der Waals surface area contributed by atoms with Gasteiger partial charge in [-0.15, -0.1) is 0 Å². The molecule has 0 spiro atoms. The van der Waals surface area contributed by atoms with Crippen molar-refractivity contribution in [1.29, 1.82) is 0 Å². The van der Waals surface area contributed by atoms with E-state index >= 15 is 0 Å². The summed E-state index contributed by atoms with van der Waals surface area (Å²) in [5, 5.41) is 6.12. The first-order chi connectivity index (χ1) is 13.7. The van der Waals surface area contributed by atoms with Gasteiger partial charge in [-0.3, -0.25) is 9.69 Å². The molecule has 8 heteroatoms. The number of rotatable bonds is 8. The molecule has 2 aromatic rings. The van der Waals surface area contributed by atoms with E-state index in [0.717, 1.165) is 38.5 Å². The molecule has 2 heterocycles. The van der Waals surface area contributed by atoms with Crippen molar-refractivity contribution in [2.75, 3.05) is 58.9 Å². The fourth-order valence-electron chi connectivity index (χ4n) is 2.92. The number of ether oxygens (including phenoxy) is 3. The molecule has 0 radical (unpaired) electrons. The lowest BCUT2D eigenvalue weighted by Crippen LogP contribution is -2.41. The van der Waals surface area contributed by atoms with Crippen LogP contribution < -0.4 is 20.1 Å². The number of nitrogens with zero attached hydrogens (tertiary/aromatic N) is 2. The van der Waals surface area contributed by atoms with Crippen molar-refractivity contribution in [3.63, 3.8) is 0 Å². The van der Waals surface area contributed by atoms with Crippen molar-refractivity contribution in [2.45, 2.75) is 0 Å². The largest absolute Gasteiger partial charge is 0.493 e. The van der Waals surface area contributed by atoms with E-state index < -0.39 is 0 Å². The van der Waals surface area contributed by atoms with Gasteiger partial charge in [-0.25, -0.2) is 4.98 Å². The van der Waals surface area contributed by atoms with E-state index in [-0.39, 0.29) is 5.91 Å². The highest BCUT2D eigenvalue weighted by atomic mass is 16.5. The fourth-order valence-corrected chi connectivity index (χ4v) is 2.92. The van der Waals surface area contributed by atoms with Gasteiger partial charge in [0.15, 0.2) is 11.5 Å². The number of morpholine rings is 1. The zero-order chi connectivity index (χ0) is 19.8. The Hall–Kier alpha value is -2.84. The number of methoxy groups -OCH3 is 2. The number of carbonyl (C=O) groups excluding carboxylic acids is 1. The Labute approximate surface area is 164 Å². The summed E-state index contributed by atoms with van der Waals surface area (Å²) in [6.07, 6.45) is 1.56. The maximum Gasteiger partial charge on any atom is 0.252 e. The van der Waals surface area contributed by atoms with Gasteiger partial charge in [0.2, 0.25) is 0 Å². The monoisotopic (exact) mass is 386 g/mol. The van der Waals surface area contributed by atoms with Gasteiger partial charge < -0.3 is 24.8 Å². The average Bonchev–Trinajstić information content (AvgIpc) is 2.75. The molecule has 0 atom stereocenters. The summed E-state index contributed by atoms with van der Waals surface area (Å²) >= 11 is 0. The van der Waals surface area contributed by atoms with Gasteiger partial charge in [0.1, 0.15) is 5.82 Å². The fraction of sp³-hybridized carbons (Fsp3) is 0.400. The van der Waals surface area contributed by atoms with Gasteiger partial charge in [-0.05, 0) is 24.3 Å². The predicted octanol–water partition coefficient (Wildman–Crippen LogP) is 1.90. The Kier molecular flexibility index (Phi) is 7.05. The van der Waals surface area contributed by atoms with Gasteiger partial charge >= 0.3 is 0 Å². The van der Waals surface area contributed by atoms with Crippen molar-refractivity contribution in [1.82, 2.24) is 15.2 Å². The predicted molar refractivity (Wildman–Crippen MR) is 107 cm³/mol. The third-order valence-corrected chi connectivity index (χ3v) is 4.50. The molecule has 1 aromatic heterocycles. The second kappa shape index (κ2) is 9.91. The molecule has 1 aromatic carbocycles. The van der Waals surface area contributed by atoms with Gasteiger partial charge in [0, 0.05) is 44.1 Å². The van der Waals surface area contributed by atoms with Gasteiger partial charge in [-0.2, -0.15) is 0 Å². The molecule has 150 valence electrons. The lowest BCUT2D eigenvalue weighted by atomic mass is 10.2. The minimum absolute atomic E-state index is 0.126. The molecule has 0 unspecified atom stereocenters. The van der Waals surface area contributed by atoms with E-state index in [0.29, 0.717) is 29.4 Å². The highest BCUT2D eigenvalue weighted by Crippen LogP contribution is 2.30. The first kappa shape index (κ1) is 19.9. The van der Waals surface area contributed by atoms with E-state index in [1.807, 2.05) is 18.2 Å². The quantitative estimate of drug-likeness (QED) is 0.717. The van der Waals surface area contributed by atoms with Crippen molar-refractivity contribution >= 4 is 17.4 Å². The van der Waals surface area contributed by atoms with E-state index in [9.17, 15) is 4.79 Å². The molecule has 28 heavy (non-hydrogen) atoms. The summed E-state index contributed by atoms with van der Waals surface area (Å²) in [4.78, 5) is 18.9. The summed E-state index contributed by atoms with van der Waals surface area (Å²) in [6.45, 7) is 4.76. The van der Waals surface area contributed by atoms with Crippen molar-refractivity contribution in [3.05, 3.63) is 42.1 Å². The van der Waals surface area contributed by atoms with Crippen LogP contribution in [0.25, 0.3) is 0 Å². The maximum absolute atomic E-state index is 12.3. The molecular weight excluding hydrogens is 360 g/mol. The SMILES string of the molecule is COc1ccc(Nc2ccc(C(=O)NCCN3CCOCC3)cn2)cc1OC. The summed E-state index contributed by atoms with van der Waals surface area (Å²) in [6, 6.07) is 9.03. The Morgan fingerprint density at radius 1 is 1.14 bits per heavy atom. The van der Waals surface area contributed by atoms with E-state index in [1.54, 1.807) is 32.5 Å². The summed E-state index contributed by atoms with van der Waals surface area (Å²) in [7, 11) is 3.18. The van der Waals surface area contributed by atoms with Crippen LogP contribution in [-0.4, -0.2) is 69.4 Å². The normalized spacial score (nSPS) is 14.4. The molecule has 8 nitrogen and oxygen atoms in total. The molecule has 2 N–H and O–H groups in total. The minimum Gasteiger partial charge on any atom is -0.493 e. The number of pyridine rings is 1. The first-order valence-electron chi connectivity index (χ1n) is 9.23. The number of amides is 1. The van der Waals surface area contributed by atoms with Crippen molar-refractivity contribution < 1.29 is 19.0 Å². The maximum atomic E-state index is 12.3. The van der Waals surface area contributed by atoms with Crippen LogP contribution in [0.2, 0.25) is 0 Å². The average molecular weight is 386 g/mol. The van der Waals surface area contributed by atoms with Crippen molar-refractivity contribution in [2.24, 2.45) is 0 Å². The third kappa shape index (κ3) is 5.34. The number of aromatic nitrogens is 1. The van der Waals surface area contributed by atoms with Crippen LogP contribution in [-0.2, 0) is 4.74 Å². The second-order valence-electron chi connectivity index (χ2n) is 6.34. The zero-order valence-electron chi connectivity index (χ0n) is 16.2. The molecular formula is C20H26N4O4. The van der Waals surface area contributed by atoms with Crippen LogP contribution in [0, 0.1) is 0 Å². The zero-order valence-corrected chi connectivity index (χ0v) is 16.2. The van der Waals surface area contributed by atoms with Crippen LogP contribution >= 0.6 is 0 Å². The second-order valence-corrected chi connectivity index (χ2v) is 6.34. The summed E-state index contributed by atoms with van der Waals surface area (Å²) in [5.41, 5.74) is 1.34. The van der Waals surface area contributed by atoms with Crippen LogP contribution in [0.3, 0.4) is 0 Å². The highest BCUT2D eigenvalue weighted by molar-refractivity contribution is 5.94. The molecule has 3 rings (SSSR count). The van der Waals surface area contributed by atoms with Crippen LogP contribution in [0.4, 0.5) is 11.5 Å². The number of anilines is 2. The molecule has 1 amide bonds. The highest BCUT2D eigenvalue weighted by Gasteiger charge is 2.11. The summed E-state index contributed by atoms with van der Waals surface area (Å²) < 4.78 is 15.8. The molecule has 1 fully saturated rings. The Balaban J connectivity index is 1.52. The van der Waals surface area contributed by atoms with E-state index in [4.69, 9.17) is 14.2 Å². The Morgan fingerprint density at radius 3 is 2.61 bits per heavy atom. The standard InChI is InChI=1S/C20H26N4O4/c1-26-17-5-4-16(13-18(17)27-2)23-19-6-3-15(14-22-19)20(25)21-7-8-24-9-11-28-12-10-24/h3-6,13-14H,7-12H2,1-2H3,(H,21,25)(H,22,23). The van der Waals surface area contributed by atoms with E-state index in [1.165, 1.54) is 0 Å². The van der Waals surface area contributed by atoms with Crippen LogP contribution in [0.1, 0.15) is 10.4 Å². The number of benzene rings is 1. The van der Waals surface area contributed by atoms with Gasteiger partial charge in [0.05, 0.1) is 33.0 Å². The first-order valence-corrected chi connectivity index (χ1v) is 9.23. The smallest absolute Gasteiger partial charge is 0.252 e. The van der Waals surface area contributed by atoms with E-state index in [2.05, 4.69) is 20.5 Å². The topological polar surface area (TPSA) is 85.0 Å². The Bertz CT molecular complexity index is 776. The number of hydrogen-bond acceptors (Lipinski definition) is 7. The lowest BCUT2D eigenvalue weighted by molar-refractivity contribution is 0.0383. The molecule has 1 aliphatic heterocycles. The van der Waals surface area contributed by atoms with Crippen LogP contribution in [0.15, 0.2) is 36.5 Å². The molecule has 0 bridgehead atoms. The van der Waals surface area contributed by atoms with Gasteiger partial charge in [0.25, 0.3) is 5.91 Å². The Morgan fingerprint density at radius 2 is 1.93 bits per heavy atom. The molecule has 0 saturated carbocycles. The molecule has 0 aliphatic carbocycles. The van der Waals surface area contributed by atoms with Crippen molar-refractivity contribution in [3.8, 4) is 11.5 Å². The molecule has 1 aliphatic rings. The minimum atomic E-state index is -0.126. The summed E-state index contributed by atoms with van der Waals surface area (Å²) in [5.74, 6) is 1.80. The number of nitrogens with one attached hydrogen (secondary N) is 2. The van der Waals surface area contributed by atoms with Crippen LogP contribution in [0.5, 0.6) is 11.5 Å². The number of carbonyl (C=O) groups is 1. The third-order valence-electron chi connectivity index (χ3n) is 4.50. The number of hydrogen-bond donors (Lipinski definition) is 2. The van der Waals surface area contributed by atoms with Gasteiger partial charge in [-0.1, -0.05) is 0 Å². The lowest BCUT2D eigenvalue weighted by Gasteiger charge is -2.26.